The zero-order valence-electron chi connectivity index (χ0n) is 14.2. The van der Waals surface area contributed by atoms with Gasteiger partial charge in [-0.3, -0.25) is 10.1 Å². The molecular formula is C21H23NO3. The minimum Gasteiger partial charge on any atom is -0.373 e. The normalized spacial score (nSPS) is 12.2. The quantitative estimate of drug-likeness (QED) is 0.324. The summed E-state index contributed by atoms with van der Waals surface area (Å²) < 4.78 is 5.98. The molecule has 2 rings (SSSR count). The Hall–Kier alpha value is -2.72. The third-order valence-corrected chi connectivity index (χ3v) is 3.83. The van der Waals surface area contributed by atoms with Crippen LogP contribution < -0.4 is 0 Å². The molecule has 0 spiro atoms. The minimum absolute atomic E-state index is 0.109. The van der Waals surface area contributed by atoms with Crippen molar-refractivity contribution < 1.29 is 9.66 Å². The van der Waals surface area contributed by atoms with Crippen molar-refractivity contribution in [1.29, 1.82) is 0 Å². The minimum atomic E-state index is -0.391. The average Bonchev–Trinajstić information content (AvgIpc) is 2.64. The molecule has 0 N–H and O–H groups in total. The summed E-state index contributed by atoms with van der Waals surface area (Å²) in [6.07, 6.45) is 8.68. The molecule has 4 heteroatoms. The van der Waals surface area contributed by atoms with E-state index < -0.39 is 4.92 Å². The Morgan fingerprint density at radius 2 is 1.84 bits per heavy atom. The lowest BCUT2D eigenvalue weighted by atomic mass is 10.1. The first kappa shape index (κ1) is 18.6. The highest BCUT2D eigenvalue weighted by molar-refractivity contribution is 5.51. The third-order valence-electron chi connectivity index (χ3n) is 3.83. The van der Waals surface area contributed by atoms with E-state index in [0.717, 1.165) is 30.4 Å². The van der Waals surface area contributed by atoms with Crippen LogP contribution in [0.25, 0.3) is 6.08 Å². The highest BCUT2D eigenvalue weighted by Crippen LogP contribution is 2.15. The van der Waals surface area contributed by atoms with E-state index in [1.165, 1.54) is 12.1 Å². The number of benzene rings is 2. The molecule has 0 bridgehead atoms. The molecule has 0 aliphatic carbocycles. The predicted molar refractivity (Wildman–Crippen MR) is 101 cm³/mol. The first-order chi connectivity index (χ1) is 12.2. The lowest BCUT2D eigenvalue weighted by Gasteiger charge is -2.15. The number of allylic oxidation sites excluding steroid dienone is 1. The SMILES string of the molecule is C=CCC(CC/C=C/c1ccc([N+](=O)[O-])cc1)OCc1ccccc1. The Balaban J connectivity index is 1.79. The Bertz CT molecular complexity index is 693. The van der Waals surface area contributed by atoms with Crippen LogP contribution >= 0.6 is 0 Å². The first-order valence-corrected chi connectivity index (χ1v) is 8.36. The van der Waals surface area contributed by atoms with Gasteiger partial charge in [0.1, 0.15) is 0 Å². The van der Waals surface area contributed by atoms with Crippen LogP contribution in [0.4, 0.5) is 5.69 Å². The van der Waals surface area contributed by atoms with Gasteiger partial charge in [-0.25, -0.2) is 0 Å². The van der Waals surface area contributed by atoms with Crippen molar-refractivity contribution in [3.05, 3.63) is 94.6 Å². The summed E-state index contributed by atoms with van der Waals surface area (Å²) in [4.78, 5) is 10.2. The number of nitrogens with zero attached hydrogens (tertiary/aromatic N) is 1. The zero-order chi connectivity index (χ0) is 17.9. The molecule has 0 heterocycles. The molecule has 0 fully saturated rings. The van der Waals surface area contributed by atoms with Crippen molar-refractivity contribution >= 4 is 11.8 Å². The van der Waals surface area contributed by atoms with E-state index >= 15 is 0 Å². The van der Waals surface area contributed by atoms with E-state index in [0.29, 0.717) is 6.61 Å². The lowest BCUT2D eigenvalue weighted by Crippen LogP contribution is -2.11. The molecular weight excluding hydrogens is 314 g/mol. The van der Waals surface area contributed by atoms with Crippen LogP contribution in [0.1, 0.15) is 30.4 Å². The van der Waals surface area contributed by atoms with Crippen molar-refractivity contribution in [3.63, 3.8) is 0 Å². The molecule has 0 aliphatic heterocycles. The van der Waals surface area contributed by atoms with Gasteiger partial charge in [0, 0.05) is 12.1 Å². The summed E-state index contributed by atoms with van der Waals surface area (Å²) in [7, 11) is 0. The van der Waals surface area contributed by atoms with E-state index in [1.54, 1.807) is 12.1 Å². The maximum atomic E-state index is 10.6. The van der Waals surface area contributed by atoms with Gasteiger partial charge >= 0.3 is 0 Å². The number of ether oxygens (including phenoxy) is 1. The fraction of sp³-hybridized carbons (Fsp3) is 0.238. The van der Waals surface area contributed by atoms with Crippen molar-refractivity contribution in [2.75, 3.05) is 0 Å². The van der Waals surface area contributed by atoms with Gasteiger partial charge in [0.25, 0.3) is 5.69 Å². The summed E-state index contributed by atoms with van der Waals surface area (Å²) in [6, 6.07) is 16.7. The maximum absolute atomic E-state index is 10.6. The molecule has 130 valence electrons. The van der Waals surface area contributed by atoms with E-state index in [-0.39, 0.29) is 11.8 Å². The third kappa shape index (κ3) is 6.73. The highest BCUT2D eigenvalue weighted by atomic mass is 16.6. The summed E-state index contributed by atoms with van der Waals surface area (Å²) in [6.45, 7) is 4.40. The summed E-state index contributed by atoms with van der Waals surface area (Å²) in [5, 5.41) is 10.6. The molecule has 1 unspecified atom stereocenters. The number of non-ortho nitro benzene ring substituents is 1. The molecule has 1 atom stereocenters. The fourth-order valence-corrected chi connectivity index (χ4v) is 2.45. The molecule has 0 amide bonds. The van der Waals surface area contributed by atoms with Gasteiger partial charge < -0.3 is 4.74 Å². The largest absolute Gasteiger partial charge is 0.373 e. The van der Waals surface area contributed by atoms with Gasteiger partial charge in [-0.2, -0.15) is 0 Å². The second-order valence-electron chi connectivity index (χ2n) is 5.77. The van der Waals surface area contributed by atoms with Crippen molar-refractivity contribution in [3.8, 4) is 0 Å². The number of hydrogen-bond acceptors (Lipinski definition) is 3. The van der Waals surface area contributed by atoms with Gasteiger partial charge in [0.05, 0.1) is 17.6 Å². The summed E-state index contributed by atoms with van der Waals surface area (Å²) >= 11 is 0. The van der Waals surface area contributed by atoms with Crippen LogP contribution in [0.2, 0.25) is 0 Å². The van der Waals surface area contributed by atoms with Crippen LogP contribution in [0.15, 0.2) is 73.3 Å². The molecule has 25 heavy (non-hydrogen) atoms. The molecule has 0 radical (unpaired) electrons. The average molecular weight is 337 g/mol. The monoisotopic (exact) mass is 337 g/mol. The van der Waals surface area contributed by atoms with Gasteiger partial charge in [-0.1, -0.05) is 48.6 Å². The summed E-state index contributed by atoms with van der Waals surface area (Å²) in [5.41, 5.74) is 2.23. The van der Waals surface area contributed by atoms with E-state index in [2.05, 4.69) is 24.8 Å². The Kier molecular flexibility index (Phi) is 7.60. The van der Waals surface area contributed by atoms with Crippen LogP contribution in [0.5, 0.6) is 0 Å². The number of hydrogen-bond donors (Lipinski definition) is 0. The van der Waals surface area contributed by atoms with Crippen molar-refractivity contribution in [2.24, 2.45) is 0 Å². The van der Waals surface area contributed by atoms with E-state index in [4.69, 9.17) is 4.74 Å². The Morgan fingerprint density at radius 3 is 2.48 bits per heavy atom. The van der Waals surface area contributed by atoms with E-state index in [9.17, 15) is 10.1 Å². The van der Waals surface area contributed by atoms with Crippen LogP contribution in [-0.4, -0.2) is 11.0 Å². The van der Waals surface area contributed by atoms with Crippen molar-refractivity contribution in [1.82, 2.24) is 0 Å². The van der Waals surface area contributed by atoms with Gasteiger partial charge in [-0.15, -0.1) is 6.58 Å². The zero-order valence-corrected chi connectivity index (χ0v) is 14.2. The number of nitro benzene ring substituents is 1. The van der Waals surface area contributed by atoms with Crippen LogP contribution in [-0.2, 0) is 11.3 Å². The fourth-order valence-electron chi connectivity index (χ4n) is 2.45. The molecule has 0 saturated heterocycles. The number of nitro groups is 1. The second kappa shape index (κ2) is 10.2. The lowest BCUT2D eigenvalue weighted by molar-refractivity contribution is -0.384. The van der Waals surface area contributed by atoms with Crippen LogP contribution in [0, 0.1) is 10.1 Å². The molecule has 0 aliphatic rings. The number of rotatable bonds is 10. The highest BCUT2D eigenvalue weighted by Gasteiger charge is 2.07. The van der Waals surface area contributed by atoms with Gasteiger partial charge in [0.2, 0.25) is 0 Å². The predicted octanol–water partition coefficient (Wildman–Crippen LogP) is 5.55. The molecule has 4 nitrogen and oxygen atoms in total. The van der Waals surface area contributed by atoms with E-state index in [1.807, 2.05) is 30.4 Å². The maximum Gasteiger partial charge on any atom is 0.269 e. The second-order valence-corrected chi connectivity index (χ2v) is 5.77. The molecule has 0 saturated carbocycles. The standard InChI is InChI=1S/C21H23NO3/c1-2-8-21(25-17-19-10-4-3-5-11-19)12-7-6-9-18-13-15-20(16-14-18)22(23)24/h2-6,9-11,13-16,21H,1,7-8,12,17H2/b9-6+. The Morgan fingerprint density at radius 1 is 1.12 bits per heavy atom. The smallest absolute Gasteiger partial charge is 0.269 e. The molecule has 2 aromatic carbocycles. The van der Waals surface area contributed by atoms with Crippen molar-refractivity contribution in [2.45, 2.75) is 32.0 Å². The first-order valence-electron chi connectivity index (χ1n) is 8.36. The van der Waals surface area contributed by atoms with Crippen LogP contribution in [0.3, 0.4) is 0 Å². The molecule has 0 aromatic heterocycles. The van der Waals surface area contributed by atoms with Gasteiger partial charge in [0.15, 0.2) is 0 Å². The summed E-state index contributed by atoms with van der Waals surface area (Å²) in [5.74, 6) is 0. The van der Waals surface area contributed by atoms with Gasteiger partial charge in [-0.05, 0) is 42.5 Å². The molecule has 2 aromatic rings. The topological polar surface area (TPSA) is 52.4 Å². The Labute approximate surface area is 148 Å².